The Balaban J connectivity index is 1.37. The van der Waals surface area contributed by atoms with Crippen LogP contribution >= 0.6 is 22.9 Å². The molecule has 2 N–H and O–H groups in total. The van der Waals surface area contributed by atoms with Crippen molar-refractivity contribution in [3.8, 4) is 0 Å². The van der Waals surface area contributed by atoms with E-state index >= 15 is 4.39 Å². The molecule has 2 aromatic heterocycles. The Kier molecular flexibility index (Phi) is 8.84. The molecule has 1 fully saturated rings. The van der Waals surface area contributed by atoms with Crippen LogP contribution in [0.2, 0.25) is 5.02 Å². The first-order chi connectivity index (χ1) is 20.5. The molecule has 5 rings (SSSR count). The molecule has 4 aromatic rings. The number of carboxylic acid groups (broad SMARTS) is 1. The van der Waals surface area contributed by atoms with Gasteiger partial charge in [-0.05, 0) is 43.0 Å². The highest BCUT2D eigenvalue weighted by Gasteiger charge is 2.51. The number of thiazole rings is 1. The van der Waals surface area contributed by atoms with Crippen LogP contribution in [0.15, 0.2) is 48.8 Å². The molecule has 0 radical (unpaired) electrons. The smallest absolute Gasteiger partial charge is 0.303 e. The number of carbonyl (C=O) groups excluding carboxylic acids is 2. The van der Waals surface area contributed by atoms with Crippen LogP contribution in [0, 0.1) is 5.82 Å². The van der Waals surface area contributed by atoms with Crippen molar-refractivity contribution < 1.29 is 28.7 Å². The number of amides is 2. The summed E-state index contributed by atoms with van der Waals surface area (Å²) in [5.41, 5.74) is 0.449. The van der Waals surface area contributed by atoms with Crippen LogP contribution in [0.1, 0.15) is 45.1 Å². The lowest BCUT2D eigenvalue weighted by molar-refractivity contribution is -0.230. The van der Waals surface area contributed by atoms with Gasteiger partial charge in [-0.15, -0.1) is 11.3 Å². The Labute approximate surface area is 256 Å². The van der Waals surface area contributed by atoms with Crippen LogP contribution in [-0.4, -0.2) is 63.1 Å². The number of rotatable bonds is 10. The molecule has 1 aliphatic heterocycles. The fourth-order valence-electron chi connectivity index (χ4n) is 5.60. The maximum atomic E-state index is 15.4. The number of nitrogens with zero attached hydrogens (tertiary/aromatic N) is 4. The van der Waals surface area contributed by atoms with Crippen molar-refractivity contribution in [2.75, 3.05) is 26.0 Å². The minimum absolute atomic E-state index is 0.0319. The monoisotopic (exact) mass is 627 g/mol. The van der Waals surface area contributed by atoms with Gasteiger partial charge in [-0.1, -0.05) is 29.8 Å². The minimum Gasteiger partial charge on any atom is -0.481 e. The lowest BCUT2D eigenvalue weighted by atomic mass is 10.1. The number of para-hydroxylation sites is 1. The molecule has 3 heterocycles. The first kappa shape index (κ1) is 30.6. The van der Waals surface area contributed by atoms with E-state index in [0.717, 1.165) is 21.8 Å². The summed E-state index contributed by atoms with van der Waals surface area (Å²) in [5.74, 6) is -2.37. The van der Waals surface area contributed by atoms with E-state index in [9.17, 15) is 14.4 Å². The van der Waals surface area contributed by atoms with Gasteiger partial charge in [0.15, 0.2) is 5.66 Å². The van der Waals surface area contributed by atoms with Crippen LogP contribution in [-0.2, 0) is 40.0 Å². The van der Waals surface area contributed by atoms with Gasteiger partial charge in [0.1, 0.15) is 10.8 Å². The fourth-order valence-corrected chi connectivity index (χ4v) is 7.00. The average Bonchev–Trinajstić information content (AvgIpc) is 3.72. The second kappa shape index (κ2) is 12.4. The molecule has 0 bridgehead atoms. The number of hydrogen-bond acceptors (Lipinski definition) is 7. The number of hydrogen-bond donors (Lipinski definition) is 2. The summed E-state index contributed by atoms with van der Waals surface area (Å²) in [6.45, 7) is 0.394. The fraction of sp³-hybridized carbons (Fsp3) is 0.333. The van der Waals surface area contributed by atoms with Gasteiger partial charge in [-0.25, -0.2) is 9.37 Å². The highest BCUT2D eigenvalue weighted by molar-refractivity contribution is 7.11. The molecule has 2 amide bonds. The Bertz CT molecular complexity index is 1710. The van der Waals surface area contributed by atoms with E-state index in [1.54, 1.807) is 29.4 Å². The van der Waals surface area contributed by atoms with E-state index in [1.165, 1.54) is 24.5 Å². The molecule has 43 heavy (non-hydrogen) atoms. The number of hydroxylamine groups is 2. The molecule has 1 saturated heterocycles. The van der Waals surface area contributed by atoms with E-state index in [4.69, 9.17) is 21.5 Å². The van der Waals surface area contributed by atoms with Crippen molar-refractivity contribution in [1.29, 1.82) is 0 Å². The van der Waals surface area contributed by atoms with Crippen molar-refractivity contribution in [3.05, 3.63) is 80.6 Å². The number of nitrogens with one attached hydrogen (secondary N) is 1. The van der Waals surface area contributed by atoms with Gasteiger partial charge in [-0.3, -0.25) is 19.2 Å². The number of carbonyl (C=O) groups is 3. The number of aliphatic carboxylic acids is 1. The molecule has 1 atom stereocenters. The number of fused-ring (bicyclic) bond motifs is 1. The topological polar surface area (TPSA) is 117 Å². The third-order valence-electron chi connectivity index (χ3n) is 7.80. The molecular formula is C30H31ClFN5O5S. The average molecular weight is 628 g/mol. The maximum Gasteiger partial charge on any atom is 0.303 e. The van der Waals surface area contributed by atoms with Crippen LogP contribution < -0.4 is 5.32 Å². The summed E-state index contributed by atoms with van der Waals surface area (Å²) >= 11 is 7.82. The quantitative estimate of drug-likeness (QED) is 0.232. The van der Waals surface area contributed by atoms with Crippen molar-refractivity contribution in [2.24, 2.45) is 7.05 Å². The maximum absolute atomic E-state index is 15.4. The molecular weight excluding hydrogens is 597 g/mol. The van der Waals surface area contributed by atoms with E-state index in [-0.39, 0.29) is 35.0 Å². The molecule has 13 heteroatoms. The van der Waals surface area contributed by atoms with Gasteiger partial charge in [-0.2, -0.15) is 5.06 Å². The summed E-state index contributed by atoms with van der Waals surface area (Å²) in [6.07, 6.45) is 4.52. The van der Waals surface area contributed by atoms with Gasteiger partial charge in [0, 0.05) is 48.8 Å². The normalized spacial score (nSPS) is 16.7. The third-order valence-corrected chi connectivity index (χ3v) is 9.31. The summed E-state index contributed by atoms with van der Waals surface area (Å²) in [4.78, 5) is 50.4. The Morgan fingerprint density at radius 3 is 2.79 bits per heavy atom. The summed E-state index contributed by atoms with van der Waals surface area (Å²) in [5, 5.41) is 14.8. The second-order valence-corrected chi connectivity index (χ2v) is 11.9. The van der Waals surface area contributed by atoms with Gasteiger partial charge in [0.05, 0.1) is 36.2 Å². The number of benzene rings is 2. The predicted molar refractivity (Wildman–Crippen MR) is 161 cm³/mol. The van der Waals surface area contributed by atoms with E-state index < -0.39 is 23.4 Å². The number of likely N-dealkylation sites (tertiary alicyclic amines) is 1. The van der Waals surface area contributed by atoms with E-state index in [1.807, 2.05) is 35.9 Å². The Hall–Kier alpha value is -3.84. The number of carboxylic acids is 1. The zero-order valence-corrected chi connectivity index (χ0v) is 25.5. The highest BCUT2D eigenvalue weighted by Crippen LogP contribution is 2.43. The van der Waals surface area contributed by atoms with Crippen LogP contribution in [0.25, 0.3) is 10.9 Å². The number of halogens is 2. The summed E-state index contributed by atoms with van der Waals surface area (Å²) < 4.78 is 17.2. The molecule has 0 spiro atoms. The van der Waals surface area contributed by atoms with Crippen molar-refractivity contribution >= 4 is 57.3 Å². The van der Waals surface area contributed by atoms with Gasteiger partial charge < -0.3 is 19.9 Å². The highest BCUT2D eigenvalue weighted by atomic mass is 35.5. The van der Waals surface area contributed by atoms with Crippen LogP contribution in [0.5, 0.6) is 0 Å². The number of anilines is 1. The molecule has 226 valence electrons. The minimum atomic E-state index is -1.04. The van der Waals surface area contributed by atoms with Crippen molar-refractivity contribution in [3.63, 3.8) is 0 Å². The molecule has 2 aromatic carbocycles. The number of aromatic nitrogens is 2. The van der Waals surface area contributed by atoms with Crippen molar-refractivity contribution in [2.45, 2.75) is 37.8 Å². The summed E-state index contributed by atoms with van der Waals surface area (Å²) in [7, 11) is 5.03. The first-order valence-electron chi connectivity index (χ1n) is 13.6. The van der Waals surface area contributed by atoms with E-state index in [0.29, 0.717) is 36.4 Å². The van der Waals surface area contributed by atoms with Crippen molar-refractivity contribution in [1.82, 2.24) is 19.5 Å². The largest absolute Gasteiger partial charge is 0.481 e. The van der Waals surface area contributed by atoms with Gasteiger partial charge in [0.25, 0.3) is 5.91 Å². The lowest BCUT2D eigenvalue weighted by Gasteiger charge is -2.42. The SMILES string of the molecule is CON(C)[C@]1(c2ncc(CCC(=O)O)s2)CCCN1C(=O)Cc1cc(Cl)c(NC(=O)c2cn(C)c3ccccc23)cc1F. The van der Waals surface area contributed by atoms with Crippen LogP contribution in [0.4, 0.5) is 10.1 Å². The van der Waals surface area contributed by atoms with E-state index in [2.05, 4.69) is 10.3 Å². The molecule has 1 aliphatic rings. The summed E-state index contributed by atoms with van der Waals surface area (Å²) in [6, 6.07) is 9.94. The standard InChI is InChI=1S/C30H31ClFN5O5S/c1-35-17-21(20-7-4-5-8-25(20)35)28(41)34-24-15-23(32)18(13-22(24)31)14-26(38)37-12-6-11-30(37,36(2)42-3)29-33-16-19(43-29)9-10-27(39)40/h4-5,7-8,13,15-17H,6,9-12,14H2,1-3H3,(H,34,41)(H,39,40)/t30-/m1/s1. The lowest BCUT2D eigenvalue weighted by Crippen LogP contribution is -2.55. The molecule has 0 aliphatic carbocycles. The zero-order chi connectivity index (χ0) is 30.9. The van der Waals surface area contributed by atoms with Crippen LogP contribution in [0.3, 0.4) is 0 Å². The van der Waals surface area contributed by atoms with Gasteiger partial charge in [0.2, 0.25) is 5.91 Å². The Morgan fingerprint density at radius 2 is 2.05 bits per heavy atom. The molecule has 0 saturated carbocycles. The second-order valence-electron chi connectivity index (χ2n) is 10.4. The zero-order valence-electron chi connectivity index (χ0n) is 23.9. The number of aryl methyl sites for hydroxylation is 2. The third kappa shape index (κ3) is 5.87. The first-order valence-corrected chi connectivity index (χ1v) is 14.8. The van der Waals surface area contributed by atoms with Gasteiger partial charge >= 0.3 is 5.97 Å². The predicted octanol–water partition coefficient (Wildman–Crippen LogP) is 5.21. The molecule has 0 unspecified atom stereocenters. The Morgan fingerprint density at radius 1 is 1.28 bits per heavy atom. The molecule has 10 nitrogen and oxygen atoms in total.